The van der Waals surface area contributed by atoms with Crippen molar-refractivity contribution in [1.82, 2.24) is 0 Å². The van der Waals surface area contributed by atoms with Gasteiger partial charge in [-0.1, -0.05) is 19.1 Å². The molecule has 0 N–H and O–H groups in total. The zero-order chi connectivity index (χ0) is 13.8. The Bertz CT molecular complexity index is 463. The molecule has 1 aromatic carbocycles. The minimum absolute atomic E-state index is 0.185. The van der Waals surface area contributed by atoms with Crippen LogP contribution in [0.3, 0.4) is 0 Å². The summed E-state index contributed by atoms with van der Waals surface area (Å²) in [7, 11) is 1.41. The predicted molar refractivity (Wildman–Crippen MR) is 75.4 cm³/mol. The number of hydrogen-bond donors (Lipinski definition) is 0. The number of carbonyl (C=O) groups excluding carboxylic acids is 2. The van der Waals surface area contributed by atoms with Gasteiger partial charge in [0.15, 0.2) is 5.78 Å². The molecule has 0 aliphatic heterocycles. The molecule has 0 amide bonds. The lowest BCUT2D eigenvalue weighted by atomic mass is 10.1. The van der Waals surface area contributed by atoms with E-state index in [9.17, 15) is 9.59 Å². The van der Waals surface area contributed by atoms with Gasteiger partial charge in [-0.3, -0.25) is 9.59 Å². The predicted octanol–water partition coefficient (Wildman–Crippen LogP) is 3.32. The SMILES string of the molecule is CCC(Sc1ccc(C(=O)C2CC2)cc1)C(=O)OC. The maximum Gasteiger partial charge on any atom is 0.319 e. The van der Waals surface area contributed by atoms with Gasteiger partial charge in [0.2, 0.25) is 0 Å². The van der Waals surface area contributed by atoms with E-state index in [0.717, 1.165) is 29.7 Å². The fourth-order valence-electron chi connectivity index (χ4n) is 1.87. The lowest BCUT2D eigenvalue weighted by Crippen LogP contribution is -2.17. The minimum atomic E-state index is -0.203. The van der Waals surface area contributed by atoms with E-state index in [-0.39, 0.29) is 22.9 Å². The smallest absolute Gasteiger partial charge is 0.319 e. The number of Topliss-reactive ketones (excluding diaryl/α,β-unsaturated/α-hetero) is 1. The van der Waals surface area contributed by atoms with Gasteiger partial charge in [0.1, 0.15) is 5.25 Å². The van der Waals surface area contributed by atoms with Crippen molar-refractivity contribution >= 4 is 23.5 Å². The van der Waals surface area contributed by atoms with Crippen molar-refractivity contribution in [1.29, 1.82) is 0 Å². The van der Waals surface area contributed by atoms with Crippen molar-refractivity contribution < 1.29 is 14.3 Å². The average molecular weight is 278 g/mol. The molecule has 0 heterocycles. The number of methoxy groups -OCH3 is 1. The lowest BCUT2D eigenvalue weighted by molar-refractivity contribution is -0.140. The minimum Gasteiger partial charge on any atom is -0.468 e. The number of rotatable bonds is 6. The Morgan fingerprint density at radius 2 is 1.95 bits per heavy atom. The highest BCUT2D eigenvalue weighted by atomic mass is 32.2. The van der Waals surface area contributed by atoms with Gasteiger partial charge in [0.05, 0.1) is 7.11 Å². The van der Waals surface area contributed by atoms with Crippen molar-refractivity contribution in [2.45, 2.75) is 36.3 Å². The summed E-state index contributed by atoms with van der Waals surface area (Å²) in [6, 6.07) is 7.53. The van der Waals surface area contributed by atoms with Crippen LogP contribution in [-0.2, 0) is 9.53 Å². The summed E-state index contributed by atoms with van der Waals surface area (Å²) in [4.78, 5) is 24.4. The second-order valence-corrected chi connectivity index (χ2v) is 5.98. The molecule has 2 rings (SSSR count). The van der Waals surface area contributed by atoms with Crippen molar-refractivity contribution in [3.05, 3.63) is 29.8 Å². The largest absolute Gasteiger partial charge is 0.468 e. The molecule has 1 unspecified atom stereocenters. The second kappa shape index (κ2) is 6.24. The van der Waals surface area contributed by atoms with Crippen LogP contribution in [0.5, 0.6) is 0 Å². The zero-order valence-electron chi connectivity index (χ0n) is 11.2. The summed E-state index contributed by atoms with van der Waals surface area (Å²) in [6.07, 6.45) is 2.77. The van der Waals surface area contributed by atoms with E-state index in [4.69, 9.17) is 4.74 Å². The molecule has 19 heavy (non-hydrogen) atoms. The summed E-state index contributed by atoms with van der Waals surface area (Å²) in [5.74, 6) is 0.291. The molecule has 0 radical (unpaired) electrons. The number of carbonyl (C=O) groups is 2. The summed E-state index contributed by atoms with van der Waals surface area (Å²) in [5, 5.41) is -0.185. The standard InChI is InChI=1S/C15H18O3S/c1-3-13(15(17)18-2)19-12-8-6-11(7-9-12)14(16)10-4-5-10/h6-10,13H,3-5H2,1-2H3. The average Bonchev–Trinajstić information content (AvgIpc) is 3.28. The second-order valence-electron chi connectivity index (χ2n) is 4.70. The fraction of sp³-hybridized carbons (Fsp3) is 0.467. The number of hydrogen-bond acceptors (Lipinski definition) is 4. The fourth-order valence-corrected chi connectivity index (χ4v) is 2.85. The Morgan fingerprint density at radius 3 is 2.42 bits per heavy atom. The normalized spacial score (nSPS) is 15.9. The Hall–Kier alpha value is -1.29. The highest BCUT2D eigenvalue weighted by Gasteiger charge is 2.30. The molecule has 1 saturated carbocycles. The number of ketones is 1. The summed E-state index contributed by atoms with van der Waals surface area (Å²) < 4.78 is 4.76. The van der Waals surface area contributed by atoms with Crippen LogP contribution in [0, 0.1) is 5.92 Å². The van der Waals surface area contributed by atoms with Crippen LogP contribution >= 0.6 is 11.8 Å². The summed E-state index contributed by atoms with van der Waals surface area (Å²) in [5.41, 5.74) is 0.776. The third-order valence-corrected chi connectivity index (χ3v) is 4.55. The highest BCUT2D eigenvalue weighted by Crippen LogP contribution is 2.33. The number of thioether (sulfide) groups is 1. The highest BCUT2D eigenvalue weighted by molar-refractivity contribution is 8.00. The molecule has 102 valence electrons. The molecule has 1 aliphatic carbocycles. The zero-order valence-corrected chi connectivity index (χ0v) is 12.0. The van der Waals surface area contributed by atoms with E-state index in [1.54, 1.807) is 0 Å². The maximum atomic E-state index is 11.9. The quantitative estimate of drug-likeness (QED) is 0.455. The van der Waals surface area contributed by atoms with E-state index in [0.29, 0.717) is 0 Å². The first kappa shape index (κ1) is 14.1. The van der Waals surface area contributed by atoms with E-state index in [1.807, 2.05) is 31.2 Å². The van der Waals surface area contributed by atoms with Gasteiger partial charge in [0, 0.05) is 16.4 Å². The molecule has 1 aliphatic rings. The van der Waals surface area contributed by atoms with E-state index in [1.165, 1.54) is 18.9 Å². The van der Waals surface area contributed by atoms with E-state index >= 15 is 0 Å². The van der Waals surface area contributed by atoms with E-state index in [2.05, 4.69) is 0 Å². The van der Waals surface area contributed by atoms with Gasteiger partial charge in [-0.2, -0.15) is 0 Å². The molecule has 0 saturated heterocycles. The molecule has 3 nitrogen and oxygen atoms in total. The Kier molecular flexibility index (Phi) is 4.64. The van der Waals surface area contributed by atoms with Crippen molar-refractivity contribution in [3.8, 4) is 0 Å². The molecular weight excluding hydrogens is 260 g/mol. The van der Waals surface area contributed by atoms with Crippen LogP contribution in [0.4, 0.5) is 0 Å². The van der Waals surface area contributed by atoms with E-state index < -0.39 is 0 Å². The lowest BCUT2D eigenvalue weighted by Gasteiger charge is -2.12. The molecule has 1 aromatic rings. The van der Waals surface area contributed by atoms with Crippen molar-refractivity contribution in [3.63, 3.8) is 0 Å². The number of esters is 1. The van der Waals surface area contributed by atoms with Gasteiger partial charge >= 0.3 is 5.97 Å². The molecule has 1 fully saturated rings. The van der Waals surface area contributed by atoms with Gasteiger partial charge in [-0.25, -0.2) is 0 Å². The molecule has 0 spiro atoms. The number of ether oxygens (including phenoxy) is 1. The molecule has 0 aromatic heterocycles. The van der Waals surface area contributed by atoms with Crippen LogP contribution in [0.1, 0.15) is 36.5 Å². The van der Waals surface area contributed by atoms with Crippen molar-refractivity contribution in [2.24, 2.45) is 5.92 Å². The first-order valence-electron chi connectivity index (χ1n) is 6.54. The maximum absolute atomic E-state index is 11.9. The van der Waals surface area contributed by atoms with Gasteiger partial charge in [0.25, 0.3) is 0 Å². The summed E-state index contributed by atoms with van der Waals surface area (Å²) >= 11 is 1.48. The third-order valence-electron chi connectivity index (χ3n) is 3.20. The molecule has 1 atom stereocenters. The Labute approximate surface area is 117 Å². The summed E-state index contributed by atoms with van der Waals surface area (Å²) in [6.45, 7) is 1.96. The first-order valence-corrected chi connectivity index (χ1v) is 7.42. The Morgan fingerprint density at radius 1 is 1.32 bits per heavy atom. The van der Waals surface area contributed by atoms with Gasteiger partial charge < -0.3 is 4.74 Å². The molecule has 4 heteroatoms. The molecule has 0 bridgehead atoms. The van der Waals surface area contributed by atoms with Crippen molar-refractivity contribution in [2.75, 3.05) is 7.11 Å². The van der Waals surface area contributed by atoms with Crippen LogP contribution in [-0.4, -0.2) is 24.1 Å². The van der Waals surface area contributed by atoms with Crippen LogP contribution in [0.25, 0.3) is 0 Å². The first-order chi connectivity index (χ1) is 9.15. The van der Waals surface area contributed by atoms with Crippen LogP contribution in [0.15, 0.2) is 29.2 Å². The Balaban J connectivity index is 2.01. The monoisotopic (exact) mass is 278 g/mol. The topological polar surface area (TPSA) is 43.4 Å². The van der Waals surface area contributed by atoms with Crippen LogP contribution in [0.2, 0.25) is 0 Å². The molecular formula is C15H18O3S. The van der Waals surface area contributed by atoms with Gasteiger partial charge in [-0.05, 0) is 31.4 Å². The van der Waals surface area contributed by atoms with Crippen LogP contribution < -0.4 is 0 Å². The van der Waals surface area contributed by atoms with Gasteiger partial charge in [-0.15, -0.1) is 11.8 Å². The third kappa shape index (κ3) is 3.60. The number of benzene rings is 1.